The molecular formula is C29H32ClF2N6O4+. The van der Waals surface area contributed by atoms with E-state index in [4.69, 9.17) is 16.3 Å². The number of urea groups is 1. The van der Waals surface area contributed by atoms with Crippen molar-refractivity contribution >= 4 is 35.1 Å². The van der Waals surface area contributed by atoms with E-state index in [0.717, 1.165) is 25.9 Å². The van der Waals surface area contributed by atoms with Crippen molar-refractivity contribution in [2.75, 3.05) is 58.7 Å². The fourth-order valence-electron chi connectivity index (χ4n) is 5.55. The molecule has 0 radical (unpaired) electrons. The van der Waals surface area contributed by atoms with Crippen molar-refractivity contribution in [3.63, 3.8) is 0 Å². The van der Waals surface area contributed by atoms with Crippen LogP contribution in [0.5, 0.6) is 5.75 Å². The van der Waals surface area contributed by atoms with Gasteiger partial charge in [0.05, 0.1) is 49.7 Å². The molecule has 0 spiro atoms. The van der Waals surface area contributed by atoms with Crippen molar-refractivity contribution in [3.8, 4) is 17.0 Å². The number of piperazine rings is 1. The fraction of sp³-hybridized carbons (Fsp3) is 0.379. The Morgan fingerprint density at radius 1 is 1.00 bits per heavy atom. The zero-order chi connectivity index (χ0) is 30.2. The van der Waals surface area contributed by atoms with Crippen LogP contribution in [0.1, 0.15) is 33.8 Å². The Bertz CT molecular complexity index is 1550. The van der Waals surface area contributed by atoms with Crippen LogP contribution < -0.4 is 10.1 Å². The van der Waals surface area contributed by atoms with Gasteiger partial charge in [0.25, 0.3) is 11.8 Å². The Balaban J connectivity index is 1.23. The van der Waals surface area contributed by atoms with Crippen LogP contribution >= 0.6 is 11.6 Å². The van der Waals surface area contributed by atoms with Crippen LogP contribution in [0.15, 0.2) is 36.5 Å². The molecule has 42 heavy (non-hydrogen) atoms. The third-order valence-electron chi connectivity index (χ3n) is 8.04. The summed E-state index contributed by atoms with van der Waals surface area (Å²) < 4.78 is 35.4. The molecule has 3 aromatic rings. The minimum Gasteiger partial charge on any atom is -0.494 e. The summed E-state index contributed by atoms with van der Waals surface area (Å²) in [5, 5.41) is 2.83. The molecule has 0 aliphatic carbocycles. The molecule has 2 aliphatic heterocycles. The number of aromatic nitrogens is 2. The van der Waals surface area contributed by atoms with E-state index in [1.165, 1.54) is 49.2 Å². The minimum absolute atomic E-state index is 0.0468. The van der Waals surface area contributed by atoms with E-state index < -0.39 is 17.5 Å². The summed E-state index contributed by atoms with van der Waals surface area (Å²) >= 11 is 6.45. The summed E-state index contributed by atoms with van der Waals surface area (Å²) in [6.07, 6.45) is 3.36. The standard InChI is InChI=1S/C29H31ClF2N6O4/c1-35-22(20-8-9-23(42-3)25(32)24(20)31)17-33-26(35)27(39)34-18-6-7-19(21(30)16-18)28(40)36-10-12-37(13-11-36)29(41)38(2)14-4-5-15-38/h6-9,16-17H,4-5,10-15H2,1-3H3/p+1. The van der Waals surface area contributed by atoms with Crippen molar-refractivity contribution in [2.24, 2.45) is 7.05 Å². The number of carbonyl (C=O) groups excluding carboxylic acids is 3. The number of quaternary nitrogens is 1. The predicted octanol–water partition coefficient (Wildman–Crippen LogP) is 4.40. The number of hydrogen-bond acceptors (Lipinski definition) is 5. The Kier molecular flexibility index (Phi) is 8.20. The molecule has 1 N–H and O–H groups in total. The predicted molar refractivity (Wildman–Crippen MR) is 153 cm³/mol. The van der Waals surface area contributed by atoms with Gasteiger partial charge in [-0.05, 0) is 30.3 Å². The highest BCUT2D eigenvalue weighted by molar-refractivity contribution is 6.34. The maximum Gasteiger partial charge on any atom is 0.419 e. The molecule has 0 unspecified atom stereocenters. The molecule has 3 heterocycles. The lowest BCUT2D eigenvalue weighted by molar-refractivity contribution is -0.820. The molecule has 5 rings (SSSR count). The average Bonchev–Trinajstić information content (AvgIpc) is 3.60. The van der Waals surface area contributed by atoms with Crippen LogP contribution in [0.3, 0.4) is 0 Å². The van der Waals surface area contributed by atoms with Gasteiger partial charge in [-0.2, -0.15) is 4.39 Å². The molecule has 0 saturated carbocycles. The highest BCUT2D eigenvalue weighted by atomic mass is 35.5. The third kappa shape index (κ3) is 5.43. The van der Waals surface area contributed by atoms with E-state index in [2.05, 4.69) is 10.3 Å². The van der Waals surface area contributed by atoms with Gasteiger partial charge in [-0.15, -0.1) is 0 Å². The molecule has 222 valence electrons. The highest BCUT2D eigenvalue weighted by Crippen LogP contribution is 2.30. The molecule has 2 aromatic carbocycles. The number of imidazole rings is 1. The quantitative estimate of drug-likeness (QED) is 0.438. The molecule has 0 bridgehead atoms. The van der Waals surface area contributed by atoms with Gasteiger partial charge in [0, 0.05) is 57.3 Å². The van der Waals surface area contributed by atoms with E-state index in [-0.39, 0.29) is 45.4 Å². The molecule has 13 heteroatoms. The number of hydrogen-bond donors (Lipinski definition) is 1. The zero-order valence-electron chi connectivity index (χ0n) is 23.6. The van der Waals surface area contributed by atoms with Gasteiger partial charge in [-0.25, -0.2) is 18.7 Å². The van der Waals surface area contributed by atoms with E-state index in [1.54, 1.807) is 11.0 Å². The number of halogens is 3. The SMILES string of the molecule is COc1ccc(-c2cnc(C(=O)Nc3ccc(C(=O)N4CCN(C(=O)[N+]5(C)CCCC5)CC4)c(Cl)c3)n2C)c(F)c1F. The van der Waals surface area contributed by atoms with Crippen LogP contribution in [-0.4, -0.2) is 95.1 Å². The third-order valence-corrected chi connectivity index (χ3v) is 8.36. The summed E-state index contributed by atoms with van der Waals surface area (Å²) in [6, 6.07) is 7.30. The van der Waals surface area contributed by atoms with Gasteiger partial charge < -0.3 is 19.5 Å². The number of rotatable bonds is 5. The number of benzene rings is 2. The van der Waals surface area contributed by atoms with Gasteiger partial charge >= 0.3 is 6.03 Å². The molecule has 2 aliphatic rings. The maximum absolute atomic E-state index is 14.6. The highest BCUT2D eigenvalue weighted by Gasteiger charge is 2.40. The second-order valence-electron chi connectivity index (χ2n) is 10.7. The second-order valence-corrected chi connectivity index (χ2v) is 11.1. The monoisotopic (exact) mass is 601 g/mol. The first-order valence-electron chi connectivity index (χ1n) is 13.6. The zero-order valence-corrected chi connectivity index (χ0v) is 24.4. The minimum atomic E-state index is -1.14. The van der Waals surface area contributed by atoms with Gasteiger partial charge in [-0.1, -0.05) is 11.6 Å². The van der Waals surface area contributed by atoms with Gasteiger partial charge in [0.15, 0.2) is 17.4 Å². The van der Waals surface area contributed by atoms with E-state index in [9.17, 15) is 23.2 Å². The van der Waals surface area contributed by atoms with Gasteiger partial charge in [0.2, 0.25) is 5.82 Å². The summed E-state index contributed by atoms with van der Waals surface area (Å²) in [5.41, 5.74) is 0.719. The number of anilines is 1. The van der Waals surface area contributed by atoms with Crippen molar-refractivity contribution in [2.45, 2.75) is 12.8 Å². The molecular weight excluding hydrogens is 570 g/mol. The fourth-order valence-corrected chi connectivity index (χ4v) is 5.81. The normalized spacial score (nSPS) is 16.4. The smallest absolute Gasteiger partial charge is 0.419 e. The topological polar surface area (TPSA) is 96.8 Å². The molecule has 10 nitrogen and oxygen atoms in total. The average molecular weight is 602 g/mol. The molecule has 2 saturated heterocycles. The first-order valence-corrected chi connectivity index (χ1v) is 14.0. The molecule has 4 amide bonds. The summed E-state index contributed by atoms with van der Waals surface area (Å²) in [4.78, 5) is 46.8. The number of ether oxygens (including phenoxy) is 1. The van der Waals surface area contributed by atoms with Gasteiger partial charge in [0.1, 0.15) is 0 Å². The van der Waals surface area contributed by atoms with E-state index in [0.29, 0.717) is 36.3 Å². The van der Waals surface area contributed by atoms with E-state index in [1.807, 2.05) is 11.9 Å². The number of methoxy groups -OCH3 is 1. The largest absolute Gasteiger partial charge is 0.494 e. The number of nitrogens with zero attached hydrogens (tertiary/aromatic N) is 5. The number of likely N-dealkylation sites (tertiary alicyclic amines) is 1. The lowest BCUT2D eigenvalue weighted by Crippen LogP contribution is -2.59. The molecule has 2 fully saturated rings. The summed E-state index contributed by atoms with van der Waals surface area (Å²) in [5.74, 6) is -3.40. The number of carbonyl (C=O) groups is 3. The lowest BCUT2D eigenvalue weighted by atomic mass is 10.1. The van der Waals surface area contributed by atoms with Gasteiger partial charge in [-0.3, -0.25) is 14.5 Å². The van der Waals surface area contributed by atoms with Crippen molar-refractivity contribution in [1.82, 2.24) is 19.4 Å². The van der Waals surface area contributed by atoms with Crippen LogP contribution in [-0.2, 0) is 7.05 Å². The first kappa shape index (κ1) is 29.5. The van der Waals surface area contributed by atoms with Crippen LogP contribution in [0.2, 0.25) is 5.02 Å². The Morgan fingerprint density at radius 3 is 2.31 bits per heavy atom. The summed E-state index contributed by atoms with van der Waals surface area (Å²) in [6.45, 7) is 3.42. The van der Waals surface area contributed by atoms with Crippen LogP contribution in [0.4, 0.5) is 19.3 Å². The van der Waals surface area contributed by atoms with Crippen LogP contribution in [0, 0.1) is 11.6 Å². The van der Waals surface area contributed by atoms with Crippen molar-refractivity contribution < 1.29 is 32.4 Å². The molecule has 1 aromatic heterocycles. The first-order chi connectivity index (χ1) is 20.0. The Hall–Kier alpha value is -4.03. The summed E-state index contributed by atoms with van der Waals surface area (Å²) in [7, 11) is 4.72. The van der Waals surface area contributed by atoms with Crippen molar-refractivity contribution in [1.29, 1.82) is 0 Å². The molecule has 0 atom stereocenters. The number of amides is 4. The van der Waals surface area contributed by atoms with Crippen molar-refractivity contribution in [3.05, 3.63) is 64.6 Å². The lowest BCUT2D eigenvalue weighted by Gasteiger charge is -2.38. The van der Waals surface area contributed by atoms with Crippen LogP contribution in [0.25, 0.3) is 11.3 Å². The van der Waals surface area contributed by atoms with E-state index >= 15 is 0 Å². The second kappa shape index (κ2) is 11.7. The Morgan fingerprint density at radius 2 is 1.67 bits per heavy atom. The Labute approximate surface area is 247 Å². The maximum atomic E-state index is 14.6. The number of nitrogens with one attached hydrogen (secondary N) is 1.